The molecule has 0 fully saturated rings. The first-order valence-electron chi connectivity index (χ1n) is 9.57. The van der Waals surface area contributed by atoms with Crippen LogP contribution in [0.3, 0.4) is 0 Å². The number of rotatable bonds is 6. The molecule has 8 heteroatoms. The van der Waals surface area contributed by atoms with Crippen molar-refractivity contribution in [1.29, 1.82) is 0 Å². The van der Waals surface area contributed by atoms with Crippen LogP contribution in [0.1, 0.15) is 22.0 Å². The van der Waals surface area contributed by atoms with Gasteiger partial charge in [-0.05, 0) is 43.9 Å². The van der Waals surface area contributed by atoms with Gasteiger partial charge in [0, 0.05) is 6.54 Å². The van der Waals surface area contributed by atoms with Gasteiger partial charge in [0.1, 0.15) is 17.0 Å². The smallest absolute Gasteiger partial charge is 0.259 e. The molecule has 0 bridgehead atoms. The third kappa shape index (κ3) is 3.53. The number of hydrogen-bond acceptors (Lipinski definition) is 5. The molecule has 0 saturated heterocycles. The number of ether oxygens (including phenoxy) is 1. The van der Waals surface area contributed by atoms with Gasteiger partial charge >= 0.3 is 0 Å². The van der Waals surface area contributed by atoms with Crippen molar-refractivity contribution in [3.05, 3.63) is 76.2 Å². The van der Waals surface area contributed by atoms with Crippen LogP contribution in [0.2, 0.25) is 0 Å². The van der Waals surface area contributed by atoms with Crippen LogP contribution in [0, 0.1) is 0 Å². The Kier molecular flexibility index (Phi) is 5.24. The van der Waals surface area contributed by atoms with Crippen LogP contribution in [0.15, 0.2) is 59.5 Å². The predicted octanol–water partition coefficient (Wildman–Crippen LogP) is 2.22. The Labute approximate surface area is 173 Å². The van der Waals surface area contributed by atoms with Gasteiger partial charge in [0.2, 0.25) is 0 Å². The van der Waals surface area contributed by atoms with Gasteiger partial charge in [0.05, 0.1) is 30.3 Å². The van der Waals surface area contributed by atoms with Crippen LogP contribution in [0.5, 0.6) is 5.75 Å². The maximum absolute atomic E-state index is 12.9. The fourth-order valence-electron chi connectivity index (χ4n) is 3.55. The molecule has 2 heterocycles. The topological polar surface area (TPSA) is 91.7 Å². The van der Waals surface area contributed by atoms with Crippen LogP contribution in [-0.2, 0) is 0 Å². The van der Waals surface area contributed by atoms with Gasteiger partial charge in [-0.2, -0.15) is 5.10 Å². The number of carbonyl (C=O) groups is 1. The summed E-state index contributed by atoms with van der Waals surface area (Å²) in [7, 11) is 5.54. The Hall–Kier alpha value is -3.65. The van der Waals surface area contributed by atoms with Crippen molar-refractivity contribution in [2.75, 3.05) is 27.7 Å². The van der Waals surface area contributed by atoms with E-state index in [2.05, 4.69) is 15.4 Å². The molecular formula is C22H23N5O3. The Morgan fingerprint density at radius 1 is 1.20 bits per heavy atom. The van der Waals surface area contributed by atoms with Gasteiger partial charge < -0.3 is 19.9 Å². The maximum atomic E-state index is 12.9. The van der Waals surface area contributed by atoms with Crippen LogP contribution < -0.4 is 15.6 Å². The zero-order valence-electron chi connectivity index (χ0n) is 17.0. The molecule has 2 aromatic heterocycles. The second kappa shape index (κ2) is 8.00. The van der Waals surface area contributed by atoms with E-state index in [1.165, 1.54) is 6.20 Å². The van der Waals surface area contributed by atoms with Gasteiger partial charge in [-0.15, -0.1) is 0 Å². The van der Waals surface area contributed by atoms with Gasteiger partial charge in [0.15, 0.2) is 0 Å². The molecule has 0 saturated carbocycles. The number of benzene rings is 2. The second-order valence-corrected chi connectivity index (χ2v) is 7.25. The lowest BCUT2D eigenvalue weighted by molar-refractivity contribution is 0.0943. The average molecular weight is 405 g/mol. The molecule has 1 unspecified atom stereocenters. The van der Waals surface area contributed by atoms with Crippen molar-refractivity contribution in [2.24, 2.45) is 0 Å². The molecule has 0 aliphatic heterocycles. The summed E-state index contributed by atoms with van der Waals surface area (Å²) in [6, 6.07) is 14.9. The van der Waals surface area contributed by atoms with Crippen molar-refractivity contribution in [2.45, 2.75) is 6.04 Å². The molecule has 2 aromatic carbocycles. The number of amides is 1. The third-order valence-corrected chi connectivity index (χ3v) is 5.20. The van der Waals surface area contributed by atoms with E-state index >= 15 is 0 Å². The van der Waals surface area contributed by atoms with E-state index in [4.69, 9.17) is 4.74 Å². The summed E-state index contributed by atoms with van der Waals surface area (Å²) in [5.41, 5.74) is 2.16. The first-order chi connectivity index (χ1) is 14.5. The summed E-state index contributed by atoms with van der Waals surface area (Å²) in [6.45, 7) is 0.396. The fraction of sp³-hybridized carbons (Fsp3) is 0.227. The minimum absolute atomic E-state index is 0.0263. The van der Waals surface area contributed by atoms with Crippen molar-refractivity contribution in [3.8, 4) is 5.75 Å². The maximum Gasteiger partial charge on any atom is 0.259 e. The highest BCUT2D eigenvalue weighted by molar-refractivity contribution is 6.00. The van der Waals surface area contributed by atoms with E-state index in [9.17, 15) is 9.59 Å². The largest absolute Gasteiger partial charge is 0.497 e. The molecule has 1 amide bonds. The van der Waals surface area contributed by atoms with E-state index in [0.717, 1.165) is 11.3 Å². The molecule has 154 valence electrons. The van der Waals surface area contributed by atoms with Gasteiger partial charge in [-0.25, -0.2) is 4.52 Å². The molecule has 0 aliphatic rings. The lowest BCUT2D eigenvalue weighted by Gasteiger charge is -2.25. The molecule has 30 heavy (non-hydrogen) atoms. The van der Waals surface area contributed by atoms with Crippen molar-refractivity contribution in [3.63, 3.8) is 0 Å². The van der Waals surface area contributed by atoms with Gasteiger partial charge in [-0.1, -0.05) is 24.3 Å². The standard InChI is InChI=1S/C22H23N5O3/c1-26(2)19(14-8-10-15(30-3)11-9-14)13-23-21(28)17-12-24-27-18-7-5-4-6-16(18)22(29)25-20(17)27/h4-12,19H,13H2,1-3H3,(H,23,28)(H,25,29). The number of H-pyrrole nitrogens is 1. The van der Waals surface area contributed by atoms with E-state index in [0.29, 0.717) is 28.7 Å². The minimum atomic E-state index is -0.295. The first kappa shape index (κ1) is 19.7. The summed E-state index contributed by atoms with van der Waals surface area (Å²) in [6.07, 6.45) is 1.48. The van der Waals surface area contributed by atoms with Crippen molar-refractivity contribution >= 4 is 22.5 Å². The average Bonchev–Trinajstić information content (AvgIpc) is 3.18. The van der Waals surface area contributed by atoms with Crippen LogP contribution >= 0.6 is 0 Å². The first-order valence-corrected chi connectivity index (χ1v) is 9.57. The molecule has 4 aromatic rings. The second-order valence-electron chi connectivity index (χ2n) is 7.25. The lowest BCUT2D eigenvalue weighted by atomic mass is 10.1. The highest BCUT2D eigenvalue weighted by atomic mass is 16.5. The molecule has 8 nitrogen and oxygen atoms in total. The molecule has 0 radical (unpaired) electrons. The SMILES string of the molecule is COc1ccc(C(CNC(=O)c2cnn3c2[nH]c(=O)c2ccccc23)N(C)C)cc1. The molecule has 0 spiro atoms. The third-order valence-electron chi connectivity index (χ3n) is 5.20. The summed E-state index contributed by atoms with van der Waals surface area (Å²) < 4.78 is 6.80. The highest BCUT2D eigenvalue weighted by Crippen LogP contribution is 2.21. The summed E-state index contributed by atoms with van der Waals surface area (Å²) >= 11 is 0. The molecule has 1 atom stereocenters. The van der Waals surface area contributed by atoms with E-state index < -0.39 is 0 Å². The molecular weight excluding hydrogens is 382 g/mol. The quantitative estimate of drug-likeness (QED) is 0.513. The van der Waals surface area contributed by atoms with Gasteiger partial charge in [-0.3, -0.25) is 9.59 Å². The number of carbonyl (C=O) groups excluding carboxylic acids is 1. The predicted molar refractivity (Wildman–Crippen MR) is 115 cm³/mol. The Morgan fingerprint density at radius 2 is 1.93 bits per heavy atom. The molecule has 0 aliphatic carbocycles. The number of aromatic nitrogens is 3. The number of likely N-dealkylation sites (N-methyl/N-ethyl adjacent to an activating group) is 1. The van der Waals surface area contributed by atoms with E-state index in [-0.39, 0.29) is 17.5 Å². The summed E-state index contributed by atoms with van der Waals surface area (Å²) in [4.78, 5) is 30.1. The Morgan fingerprint density at radius 3 is 2.63 bits per heavy atom. The number of nitrogens with one attached hydrogen (secondary N) is 2. The Bertz CT molecular complexity index is 1260. The monoisotopic (exact) mass is 405 g/mol. The van der Waals surface area contributed by atoms with Gasteiger partial charge in [0.25, 0.3) is 11.5 Å². The number of fused-ring (bicyclic) bond motifs is 3. The molecule has 2 N–H and O–H groups in total. The summed E-state index contributed by atoms with van der Waals surface area (Å²) in [5, 5.41) is 7.80. The number of aromatic amines is 1. The lowest BCUT2D eigenvalue weighted by Crippen LogP contribution is -2.34. The van der Waals surface area contributed by atoms with E-state index in [1.807, 2.05) is 49.3 Å². The number of para-hydroxylation sites is 1. The number of methoxy groups -OCH3 is 1. The van der Waals surface area contributed by atoms with Crippen molar-refractivity contribution in [1.82, 2.24) is 24.8 Å². The normalized spacial score (nSPS) is 12.4. The van der Waals surface area contributed by atoms with Crippen molar-refractivity contribution < 1.29 is 9.53 Å². The molecule has 4 rings (SSSR count). The Balaban J connectivity index is 1.60. The summed E-state index contributed by atoms with van der Waals surface area (Å²) in [5.74, 6) is 0.485. The zero-order valence-corrected chi connectivity index (χ0v) is 17.0. The zero-order chi connectivity index (χ0) is 21.3. The fourth-order valence-corrected chi connectivity index (χ4v) is 3.55. The number of hydrogen-bond donors (Lipinski definition) is 2. The number of nitrogens with zero attached hydrogens (tertiary/aromatic N) is 3. The highest BCUT2D eigenvalue weighted by Gasteiger charge is 2.19. The van der Waals surface area contributed by atoms with Crippen LogP contribution in [0.4, 0.5) is 0 Å². The van der Waals surface area contributed by atoms with Crippen LogP contribution in [0.25, 0.3) is 16.6 Å². The minimum Gasteiger partial charge on any atom is -0.497 e. The van der Waals surface area contributed by atoms with E-state index in [1.54, 1.807) is 29.8 Å². The van der Waals surface area contributed by atoms with Crippen LogP contribution in [-0.4, -0.2) is 53.2 Å².